The molecule has 5 nitrogen and oxygen atoms in total. The smallest absolute Gasteiger partial charge is 0.236 e. The number of aromatic nitrogens is 2. The molecular formula is C30H42N4O. The van der Waals surface area contributed by atoms with Gasteiger partial charge in [-0.05, 0) is 86.9 Å². The average molecular weight is 475 g/mol. The lowest BCUT2D eigenvalue weighted by atomic mass is 9.87. The maximum Gasteiger partial charge on any atom is 0.236 e. The number of amides is 1. The van der Waals surface area contributed by atoms with E-state index in [9.17, 15) is 4.79 Å². The van der Waals surface area contributed by atoms with Crippen LogP contribution in [-0.4, -0.2) is 58.9 Å². The molecule has 1 fully saturated rings. The van der Waals surface area contributed by atoms with Gasteiger partial charge >= 0.3 is 0 Å². The van der Waals surface area contributed by atoms with Gasteiger partial charge in [-0.3, -0.25) is 14.7 Å². The van der Waals surface area contributed by atoms with Gasteiger partial charge in [-0.15, -0.1) is 0 Å². The molecule has 1 amide bonds. The zero-order valence-electron chi connectivity index (χ0n) is 22.6. The second kappa shape index (κ2) is 10.5. The van der Waals surface area contributed by atoms with Gasteiger partial charge in [0.15, 0.2) is 0 Å². The molecule has 188 valence electrons. The molecule has 3 aromatic rings. The predicted molar refractivity (Wildman–Crippen MR) is 146 cm³/mol. The minimum Gasteiger partial charge on any atom is -0.354 e. The highest BCUT2D eigenvalue weighted by Gasteiger charge is 2.25. The molecule has 0 aliphatic carbocycles. The van der Waals surface area contributed by atoms with Crippen molar-refractivity contribution in [2.24, 2.45) is 5.92 Å². The van der Waals surface area contributed by atoms with Crippen LogP contribution in [0.25, 0.3) is 22.2 Å². The monoisotopic (exact) mass is 474 g/mol. The zero-order valence-corrected chi connectivity index (χ0v) is 22.6. The summed E-state index contributed by atoms with van der Waals surface area (Å²) >= 11 is 0. The largest absolute Gasteiger partial charge is 0.354 e. The Balaban J connectivity index is 1.53. The maximum atomic E-state index is 12.8. The Hall–Kier alpha value is -2.66. The zero-order chi connectivity index (χ0) is 25.3. The van der Waals surface area contributed by atoms with Crippen LogP contribution in [0.5, 0.6) is 0 Å². The summed E-state index contributed by atoms with van der Waals surface area (Å²) in [6.07, 6.45) is 2.06. The lowest BCUT2D eigenvalue weighted by molar-refractivity contribution is -0.133. The number of nitrogens with one attached hydrogen (secondary N) is 1. The molecule has 1 saturated heterocycles. The molecule has 0 saturated carbocycles. The van der Waals surface area contributed by atoms with E-state index in [2.05, 4.69) is 91.6 Å². The number of aromatic amines is 1. The highest BCUT2D eigenvalue weighted by molar-refractivity contribution is 5.92. The van der Waals surface area contributed by atoms with E-state index < -0.39 is 0 Å². The van der Waals surface area contributed by atoms with Crippen molar-refractivity contribution >= 4 is 16.8 Å². The van der Waals surface area contributed by atoms with Gasteiger partial charge in [-0.2, -0.15) is 0 Å². The summed E-state index contributed by atoms with van der Waals surface area (Å²) in [7, 11) is 2.05. The first kappa shape index (κ1) is 25.4. The second-order valence-corrected chi connectivity index (χ2v) is 11.3. The van der Waals surface area contributed by atoms with E-state index in [1.54, 1.807) is 0 Å². The number of hydrogen-bond donors (Lipinski definition) is 1. The standard InChI is InChI=1S/C30H42N4O/c1-19(2)17-33(7)18-28(35)34-12-10-23(11-13-34)24-8-9-27-26(16-24)29(20(3)4)30(32-27)25-14-21(5)31-22(6)15-25/h8-9,14-16,19-20,23,32H,10-13,17-18H2,1-7H3. The van der Waals surface area contributed by atoms with E-state index >= 15 is 0 Å². The number of nitrogens with zero attached hydrogens (tertiary/aromatic N) is 3. The lowest BCUT2D eigenvalue weighted by Crippen LogP contribution is -2.43. The molecule has 0 spiro atoms. The molecule has 0 unspecified atom stereocenters. The van der Waals surface area contributed by atoms with Crippen LogP contribution in [-0.2, 0) is 4.79 Å². The first-order chi connectivity index (χ1) is 16.6. The summed E-state index contributed by atoms with van der Waals surface area (Å²) in [6, 6.07) is 11.3. The van der Waals surface area contributed by atoms with Crippen molar-refractivity contribution in [3.8, 4) is 11.3 Å². The number of pyridine rings is 1. The summed E-state index contributed by atoms with van der Waals surface area (Å²) in [6.45, 7) is 16.2. The number of piperidine rings is 1. The molecule has 1 N–H and O–H groups in total. The average Bonchev–Trinajstić information content (AvgIpc) is 3.17. The predicted octanol–water partition coefficient (Wildman–Crippen LogP) is 6.26. The molecule has 0 radical (unpaired) electrons. The van der Waals surface area contributed by atoms with Crippen molar-refractivity contribution < 1.29 is 4.79 Å². The van der Waals surface area contributed by atoms with Gasteiger partial charge in [0.05, 0.1) is 12.2 Å². The SMILES string of the molecule is Cc1cc(-c2[nH]c3ccc(C4CCN(C(=O)CN(C)CC(C)C)CC4)cc3c2C(C)C)cc(C)n1. The molecule has 2 aromatic heterocycles. The van der Waals surface area contributed by atoms with Crippen LogP contribution in [0.15, 0.2) is 30.3 Å². The van der Waals surface area contributed by atoms with Gasteiger partial charge in [0, 0.05) is 47.5 Å². The van der Waals surface area contributed by atoms with E-state index in [4.69, 9.17) is 0 Å². The minimum absolute atomic E-state index is 0.266. The fourth-order valence-corrected chi connectivity index (χ4v) is 5.77. The van der Waals surface area contributed by atoms with Crippen molar-refractivity contribution in [2.75, 3.05) is 33.2 Å². The van der Waals surface area contributed by atoms with E-state index in [-0.39, 0.29) is 5.91 Å². The molecule has 4 rings (SSSR count). The fraction of sp³-hybridized carbons (Fsp3) is 0.533. The number of rotatable bonds is 7. The van der Waals surface area contributed by atoms with E-state index in [0.29, 0.717) is 24.3 Å². The molecular weight excluding hydrogens is 432 g/mol. The third-order valence-electron chi connectivity index (χ3n) is 7.21. The highest BCUT2D eigenvalue weighted by Crippen LogP contribution is 2.38. The number of likely N-dealkylation sites (tertiary alicyclic amines) is 1. The van der Waals surface area contributed by atoms with Crippen molar-refractivity contribution in [2.45, 2.75) is 66.2 Å². The number of carbonyl (C=O) groups is 1. The first-order valence-corrected chi connectivity index (χ1v) is 13.2. The third kappa shape index (κ3) is 5.78. The highest BCUT2D eigenvalue weighted by atomic mass is 16.2. The number of benzene rings is 1. The van der Waals surface area contributed by atoms with Crippen molar-refractivity contribution in [1.29, 1.82) is 0 Å². The van der Waals surface area contributed by atoms with Crippen LogP contribution in [0.2, 0.25) is 0 Å². The number of fused-ring (bicyclic) bond motifs is 1. The Kier molecular flexibility index (Phi) is 7.65. The number of carbonyl (C=O) groups excluding carboxylic acids is 1. The van der Waals surface area contributed by atoms with Gasteiger partial charge in [0.2, 0.25) is 5.91 Å². The molecule has 1 aliphatic heterocycles. The molecule has 1 aromatic carbocycles. The van der Waals surface area contributed by atoms with Crippen molar-refractivity contribution in [3.05, 3.63) is 52.8 Å². The van der Waals surface area contributed by atoms with Crippen LogP contribution >= 0.6 is 0 Å². The van der Waals surface area contributed by atoms with Crippen LogP contribution in [0, 0.1) is 19.8 Å². The Labute approximate surface area is 210 Å². The molecule has 35 heavy (non-hydrogen) atoms. The molecule has 0 bridgehead atoms. The summed E-state index contributed by atoms with van der Waals surface area (Å²) < 4.78 is 0. The van der Waals surface area contributed by atoms with E-state index in [0.717, 1.165) is 43.9 Å². The number of hydrogen-bond acceptors (Lipinski definition) is 3. The van der Waals surface area contributed by atoms with Crippen LogP contribution in [0.4, 0.5) is 0 Å². The summed E-state index contributed by atoms with van der Waals surface area (Å²) in [4.78, 5) is 25.3. The van der Waals surface area contributed by atoms with Crippen LogP contribution in [0.1, 0.15) is 74.9 Å². The minimum atomic E-state index is 0.266. The Bertz CT molecular complexity index is 1160. The van der Waals surface area contributed by atoms with Gasteiger partial charge in [0.25, 0.3) is 0 Å². The number of likely N-dealkylation sites (N-methyl/N-ethyl adjacent to an activating group) is 1. The topological polar surface area (TPSA) is 52.2 Å². The number of aryl methyl sites for hydroxylation is 2. The van der Waals surface area contributed by atoms with Crippen LogP contribution < -0.4 is 0 Å². The Morgan fingerprint density at radius 3 is 2.34 bits per heavy atom. The fourth-order valence-electron chi connectivity index (χ4n) is 5.77. The van der Waals surface area contributed by atoms with Crippen molar-refractivity contribution in [1.82, 2.24) is 19.8 Å². The van der Waals surface area contributed by atoms with Gasteiger partial charge in [-0.25, -0.2) is 0 Å². The Morgan fingerprint density at radius 2 is 1.74 bits per heavy atom. The second-order valence-electron chi connectivity index (χ2n) is 11.3. The summed E-state index contributed by atoms with van der Waals surface area (Å²) in [5.74, 6) is 1.75. The molecule has 5 heteroatoms. The molecule has 0 atom stereocenters. The number of H-pyrrole nitrogens is 1. The Morgan fingerprint density at radius 1 is 1.09 bits per heavy atom. The van der Waals surface area contributed by atoms with E-state index in [1.165, 1.54) is 33.3 Å². The quantitative estimate of drug-likeness (QED) is 0.439. The lowest BCUT2D eigenvalue weighted by Gasteiger charge is -2.33. The molecule has 1 aliphatic rings. The van der Waals surface area contributed by atoms with Crippen molar-refractivity contribution in [3.63, 3.8) is 0 Å². The van der Waals surface area contributed by atoms with Gasteiger partial charge in [-0.1, -0.05) is 33.8 Å². The van der Waals surface area contributed by atoms with Gasteiger partial charge < -0.3 is 9.88 Å². The third-order valence-corrected chi connectivity index (χ3v) is 7.21. The summed E-state index contributed by atoms with van der Waals surface area (Å²) in [5.41, 5.74) is 8.50. The molecule has 3 heterocycles. The van der Waals surface area contributed by atoms with E-state index in [1.807, 2.05) is 7.05 Å². The van der Waals surface area contributed by atoms with Gasteiger partial charge in [0.1, 0.15) is 0 Å². The first-order valence-electron chi connectivity index (χ1n) is 13.2. The normalized spacial score (nSPS) is 15.2. The van der Waals surface area contributed by atoms with Crippen LogP contribution in [0.3, 0.4) is 0 Å². The maximum absolute atomic E-state index is 12.8. The summed E-state index contributed by atoms with van der Waals surface area (Å²) in [5, 5.41) is 1.33.